The van der Waals surface area contributed by atoms with Crippen LogP contribution in [0.3, 0.4) is 0 Å². The van der Waals surface area contributed by atoms with Crippen molar-refractivity contribution in [3.05, 3.63) is 76.3 Å². The molecular formula is C23H20FN3O3S. The molecule has 0 atom stereocenters. The van der Waals surface area contributed by atoms with Gasteiger partial charge in [0.15, 0.2) is 0 Å². The maximum atomic E-state index is 13.4. The first-order valence-corrected chi connectivity index (χ1v) is 10.6. The summed E-state index contributed by atoms with van der Waals surface area (Å²) >= 11 is 1.24. The van der Waals surface area contributed by atoms with Crippen molar-refractivity contribution in [2.24, 2.45) is 0 Å². The zero-order valence-electron chi connectivity index (χ0n) is 17.2. The highest BCUT2D eigenvalue weighted by Gasteiger charge is 2.24. The predicted molar refractivity (Wildman–Crippen MR) is 118 cm³/mol. The van der Waals surface area contributed by atoms with E-state index in [1.807, 2.05) is 37.4 Å². The Morgan fingerprint density at radius 2 is 1.97 bits per heavy atom. The fourth-order valence-corrected chi connectivity index (χ4v) is 4.17. The third-order valence-electron chi connectivity index (χ3n) is 4.96. The first-order chi connectivity index (χ1) is 14.9. The Balaban J connectivity index is 1.71. The fraction of sp³-hybridized carbons (Fsp3) is 0.174. The summed E-state index contributed by atoms with van der Waals surface area (Å²) in [6.07, 6.45) is 2.68. The first kappa shape index (κ1) is 20.7. The predicted octanol–water partition coefficient (Wildman–Crippen LogP) is 5.25. The molecule has 158 valence electrons. The number of ether oxygens (including phenoxy) is 1. The molecule has 0 fully saturated rings. The number of aromatic nitrogens is 2. The zero-order valence-corrected chi connectivity index (χ0v) is 18.0. The number of pyridine rings is 1. The largest absolute Gasteiger partial charge is 0.462 e. The number of carbonyl (C=O) groups excluding carboxylic acids is 2. The van der Waals surface area contributed by atoms with Crippen molar-refractivity contribution in [3.8, 4) is 11.1 Å². The van der Waals surface area contributed by atoms with Gasteiger partial charge in [-0.3, -0.25) is 4.79 Å². The second-order valence-electron chi connectivity index (χ2n) is 7.07. The minimum atomic E-state index is -0.510. The van der Waals surface area contributed by atoms with Crippen molar-refractivity contribution in [1.82, 2.24) is 9.38 Å². The van der Waals surface area contributed by atoms with Crippen molar-refractivity contribution in [1.29, 1.82) is 0 Å². The van der Waals surface area contributed by atoms with Gasteiger partial charge in [-0.15, -0.1) is 11.3 Å². The lowest BCUT2D eigenvalue weighted by atomic mass is 9.99. The number of carbonyl (C=O) groups is 2. The number of fused-ring (bicyclic) bond motifs is 1. The first-order valence-electron chi connectivity index (χ1n) is 9.69. The number of benzene rings is 1. The van der Waals surface area contributed by atoms with Gasteiger partial charge in [-0.05, 0) is 49.6 Å². The van der Waals surface area contributed by atoms with Gasteiger partial charge >= 0.3 is 5.97 Å². The smallest absolute Gasteiger partial charge is 0.341 e. The number of aryl methyl sites for hydroxylation is 2. The monoisotopic (exact) mass is 437 g/mol. The molecule has 0 bridgehead atoms. The average Bonchev–Trinajstić information content (AvgIpc) is 3.34. The molecule has 0 aliphatic rings. The van der Waals surface area contributed by atoms with Crippen molar-refractivity contribution in [2.75, 3.05) is 11.9 Å². The summed E-state index contributed by atoms with van der Waals surface area (Å²) < 4.78 is 20.1. The van der Waals surface area contributed by atoms with E-state index in [1.54, 1.807) is 6.92 Å². The summed E-state index contributed by atoms with van der Waals surface area (Å²) in [6.45, 7) is 5.97. The fourth-order valence-electron chi connectivity index (χ4n) is 3.22. The summed E-state index contributed by atoms with van der Waals surface area (Å²) in [5, 5.41) is 4.97. The van der Waals surface area contributed by atoms with E-state index in [4.69, 9.17) is 4.74 Å². The van der Waals surface area contributed by atoms with Crippen LogP contribution >= 0.6 is 11.3 Å². The highest BCUT2D eigenvalue weighted by molar-refractivity contribution is 7.15. The van der Waals surface area contributed by atoms with Gasteiger partial charge in [-0.1, -0.05) is 18.2 Å². The minimum absolute atomic E-state index is 0.113. The third-order valence-corrected chi connectivity index (χ3v) is 5.86. The van der Waals surface area contributed by atoms with E-state index in [0.29, 0.717) is 21.8 Å². The van der Waals surface area contributed by atoms with Crippen LogP contribution in [0.2, 0.25) is 0 Å². The number of amides is 1. The van der Waals surface area contributed by atoms with Gasteiger partial charge in [0.05, 0.1) is 6.61 Å². The molecule has 0 aliphatic heterocycles. The molecule has 31 heavy (non-hydrogen) atoms. The van der Waals surface area contributed by atoms with Crippen LogP contribution in [0.15, 0.2) is 48.1 Å². The van der Waals surface area contributed by atoms with Crippen LogP contribution in [0.1, 0.15) is 38.9 Å². The Labute approximate surface area is 182 Å². The van der Waals surface area contributed by atoms with Crippen molar-refractivity contribution in [3.63, 3.8) is 0 Å². The van der Waals surface area contributed by atoms with Crippen LogP contribution in [-0.2, 0) is 4.74 Å². The normalized spacial score (nSPS) is 11.0. The number of hydrogen-bond donors (Lipinski definition) is 1. The maximum Gasteiger partial charge on any atom is 0.341 e. The van der Waals surface area contributed by atoms with Gasteiger partial charge in [-0.25, -0.2) is 14.2 Å². The standard InChI is InChI=1S/C23H20FN3O3S/c1-4-30-23(29)20-17(15-6-5-13(2)14(3)9-15)12-31-22(20)26-21(28)18-11-27-10-16(24)7-8-19(27)25-18/h5-12H,4H2,1-3H3,(H,26,28). The highest BCUT2D eigenvalue weighted by atomic mass is 32.1. The lowest BCUT2D eigenvalue weighted by Gasteiger charge is -2.09. The van der Waals surface area contributed by atoms with Gasteiger partial charge in [-0.2, -0.15) is 0 Å². The molecule has 0 spiro atoms. The Hall–Kier alpha value is -3.52. The van der Waals surface area contributed by atoms with Crippen LogP contribution in [0, 0.1) is 19.7 Å². The quantitative estimate of drug-likeness (QED) is 0.433. The van der Waals surface area contributed by atoms with Gasteiger partial charge in [0.1, 0.15) is 27.7 Å². The summed E-state index contributed by atoms with van der Waals surface area (Å²) in [6, 6.07) is 8.69. The number of nitrogens with one attached hydrogen (secondary N) is 1. The zero-order chi connectivity index (χ0) is 22.1. The summed E-state index contributed by atoms with van der Waals surface area (Å²) in [7, 11) is 0. The number of imidazole rings is 1. The lowest BCUT2D eigenvalue weighted by molar-refractivity contribution is 0.0529. The third kappa shape index (κ3) is 4.06. The van der Waals surface area contributed by atoms with E-state index in [9.17, 15) is 14.0 Å². The number of nitrogens with zero attached hydrogens (tertiary/aromatic N) is 2. The number of rotatable bonds is 5. The van der Waals surface area contributed by atoms with Crippen LogP contribution in [0.5, 0.6) is 0 Å². The van der Waals surface area contributed by atoms with Crippen molar-refractivity contribution in [2.45, 2.75) is 20.8 Å². The molecule has 0 saturated carbocycles. The molecule has 0 saturated heterocycles. The number of anilines is 1. The van der Waals surface area contributed by atoms with Crippen LogP contribution in [-0.4, -0.2) is 27.9 Å². The molecule has 1 amide bonds. The molecule has 4 aromatic rings. The molecular weight excluding hydrogens is 417 g/mol. The number of esters is 1. The number of halogens is 1. The molecule has 0 unspecified atom stereocenters. The van der Waals surface area contributed by atoms with Gasteiger partial charge in [0.2, 0.25) is 0 Å². The van der Waals surface area contributed by atoms with Crippen LogP contribution in [0.25, 0.3) is 16.8 Å². The van der Waals surface area contributed by atoms with Gasteiger partial charge < -0.3 is 14.5 Å². The number of thiophene rings is 1. The van der Waals surface area contributed by atoms with Gasteiger partial charge in [0.25, 0.3) is 5.91 Å². The Morgan fingerprint density at radius 1 is 1.16 bits per heavy atom. The van der Waals surface area contributed by atoms with Crippen molar-refractivity contribution >= 4 is 33.9 Å². The molecule has 4 rings (SSSR count). The second-order valence-corrected chi connectivity index (χ2v) is 7.95. The molecule has 3 aromatic heterocycles. The van der Waals surface area contributed by atoms with E-state index in [2.05, 4.69) is 10.3 Å². The number of hydrogen-bond acceptors (Lipinski definition) is 5. The average molecular weight is 437 g/mol. The van der Waals surface area contributed by atoms with E-state index in [1.165, 1.54) is 40.3 Å². The van der Waals surface area contributed by atoms with E-state index in [-0.39, 0.29) is 12.3 Å². The minimum Gasteiger partial charge on any atom is -0.462 e. The molecule has 0 radical (unpaired) electrons. The van der Waals surface area contributed by atoms with Gasteiger partial charge in [0, 0.05) is 23.3 Å². The second kappa shape index (κ2) is 8.31. The molecule has 1 N–H and O–H groups in total. The van der Waals surface area contributed by atoms with E-state index >= 15 is 0 Å². The maximum absolute atomic E-state index is 13.4. The highest BCUT2D eigenvalue weighted by Crippen LogP contribution is 2.37. The summed E-state index contributed by atoms with van der Waals surface area (Å²) in [5.41, 5.74) is 4.67. The Bertz CT molecular complexity index is 1310. The van der Waals surface area contributed by atoms with Crippen LogP contribution < -0.4 is 5.32 Å². The SMILES string of the molecule is CCOC(=O)c1c(-c2ccc(C)c(C)c2)csc1NC(=O)c1cn2cc(F)ccc2n1. The Kier molecular flexibility index (Phi) is 5.56. The van der Waals surface area contributed by atoms with Crippen molar-refractivity contribution < 1.29 is 18.7 Å². The summed E-state index contributed by atoms with van der Waals surface area (Å²) in [5.74, 6) is -1.44. The van der Waals surface area contributed by atoms with Crippen LogP contribution in [0.4, 0.5) is 9.39 Å². The van der Waals surface area contributed by atoms with E-state index in [0.717, 1.165) is 16.7 Å². The molecule has 8 heteroatoms. The molecule has 3 heterocycles. The van der Waals surface area contributed by atoms with E-state index < -0.39 is 17.7 Å². The summed E-state index contributed by atoms with van der Waals surface area (Å²) in [4.78, 5) is 29.8. The molecule has 1 aromatic carbocycles. The topological polar surface area (TPSA) is 72.7 Å². The lowest BCUT2D eigenvalue weighted by Crippen LogP contribution is -2.15. The molecule has 0 aliphatic carbocycles. The Morgan fingerprint density at radius 3 is 2.71 bits per heavy atom. The molecule has 6 nitrogen and oxygen atoms in total.